The number of amides is 1. The third kappa shape index (κ3) is 5.59. The average molecular weight is 420 g/mol. The van der Waals surface area contributed by atoms with Crippen molar-refractivity contribution in [3.63, 3.8) is 0 Å². The van der Waals surface area contributed by atoms with E-state index in [2.05, 4.69) is 15.5 Å². The van der Waals surface area contributed by atoms with Gasteiger partial charge in [0.25, 0.3) is 0 Å². The molecule has 1 heterocycles. The molecule has 1 fully saturated rings. The van der Waals surface area contributed by atoms with Crippen molar-refractivity contribution >= 4 is 58.4 Å². The number of hydrogen-bond acceptors (Lipinski definition) is 6. The third-order valence-electron chi connectivity index (χ3n) is 3.44. The lowest BCUT2D eigenvalue weighted by Gasteiger charge is -2.03. The van der Waals surface area contributed by atoms with E-state index in [9.17, 15) is 9.59 Å². The van der Waals surface area contributed by atoms with E-state index in [-0.39, 0.29) is 12.3 Å². The van der Waals surface area contributed by atoms with Crippen LogP contribution >= 0.6 is 35.1 Å². The Morgan fingerprint density at radius 2 is 2.00 bits per heavy atom. The maximum absolute atomic E-state index is 11.6. The fourth-order valence-corrected chi connectivity index (χ4v) is 4.17. The van der Waals surface area contributed by atoms with Crippen LogP contribution in [0.15, 0.2) is 68.5 Å². The van der Waals surface area contributed by atoms with Crippen LogP contribution in [0.1, 0.15) is 12.0 Å². The average Bonchev–Trinajstić information content (AvgIpc) is 2.97. The third-order valence-corrected chi connectivity index (χ3v) is 6.03. The van der Waals surface area contributed by atoms with Gasteiger partial charge in [0, 0.05) is 9.79 Å². The van der Waals surface area contributed by atoms with E-state index in [4.69, 9.17) is 16.7 Å². The summed E-state index contributed by atoms with van der Waals surface area (Å²) in [7, 11) is 0. The molecule has 1 amide bonds. The lowest BCUT2D eigenvalue weighted by atomic mass is 10.2. The van der Waals surface area contributed by atoms with E-state index in [0.717, 1.165) is 27.1 Å². The standard InChI is InChI=1S/C18H14ClN3O3S2/c19-13-3-1-2-4-14(13)26-12-7-5-11(6-8-12)10-20-22-18-21-17(25)15(27-18)9-16(23)24/h1-8,10,15H,9H2,(H,23,24)(H,21,22,25). The minimum Gasteiger partial charge on any atom is -0.481 e. The summed E-state index contributed by atoms with van der Waals surface area (Å²) in [5.74, 6) is -1.39. The van der Waals surface area contributed by atoms with Crippen LogP contribution in [0.4, 0.5) is 0 Å². The Kier molecular flexibility index (Phi) is 6.54. The van der Waals surface area contributed by atoms with Crippen molar-refractivity contribution in [3.05, 3.63) is 59.1 Å². The van der Waals surface area contributed by atoms with Gasteiger partial charge in [0.15, 0.2) is 5.17 Å². The molecule has 0 spiro atoms. The summed E-state index contributed by atoms with van der Waals surface area (Å²) in [5.41, 5.74) is 0.847. The van der Waals surface area contributed by atoms with Crippen molar-refractivity contribution in [2.24, 2.45) is 10.2 Å². The van der Waals surface area contributed by atoms with E-state index in [1.54, 1.807) is 18.0 Å². The molecule has 27 heavy (non-hydrogen) atoms. The second-order valence-electron chi connectivity index (χ2n) is 5.44. The normalized spacial score (nSPS) is 18.2. The fraction of sp³-hybridized carbons (Fsp3) is 0.111. The predicted octanol–water partition coefficient (Wildman–Crippen LogP) is 3.89. The van der Waals surface area contributed by atoms with E-state index in [1.165, 1.54) is 0 Å². The lowest BCUT2D eigenvalue weighted by Crippen LogP contribution is -2.26. The van der Waals surface area contributed by atoms with Crippen molar-refractivity contribution in [1.82, 2.24) is 5.32 Å². The van der Waals surface area contributed by atoms with Gasteiger partial charge in [-0.1, -0.05) is 59.4 Å². The highest BCUT2D eigenvalue weighted by molar-refractivity contribution is 8.15. The maximum atomic E-state index is 11.6. The van der Waals surface area contributed by atoms with Crippen LogP contribution in [0.3, 0.4) is 0 Å². The van der Waals surface area contributed by atoms with E-state index >= 15 is 0 Å². The Morgan fingerprint density at radius 3 is 2.70 bits per heavy atom. The van der Waals surface area contributed by atoms with Gasteiger partial charge in [-0.3, -0.25) is 9.59 Å². The first kappa shape index (κ1) is 19.5. The van der Waals surface area contributed by atoms with Gasteiger partial charge in [-0.2, -0.15) is 5.10 Å². The molecule has 138 valence electrons. The number of nitrogens with zero attached hydrogens (tertiary/aromatic N) is 2. The summed E-state index contributed by atoms with van der Waals surface area (Å²) in [5, 5.41) is 19.5. The molecule has 0 saturated carbocycles. The summed E-state index contributed by atoms with van der Waals surface area (Å²) >= 11 is 8.80. The van der Waals surface area contributed by atoms with E-state index < -0.39 is 11.2 Å². The van der Waals surface area contributed by atoms with Gasteiger partial charge in [0.1, 0.15) is 5.25 Å². The number of thioether (sulfide) groups is 1. The summed E-state index contributed by atoms with van der Waals surface area (Å²) < 4.78 is 0. The second kappa shape index (κ2) is 9.07. The number of amidine groups is 1. The monoisotopic (exact) mass is 419 g/mol. The Bertz CT molecular complexity index is 916. The topological polar surface area (TPSA) is 91.1 Å². The predicted molar refractivity (Wildman–Crippen MR) is 109 cm³/mol. The molecule has 1 unspecified atom stereocenters. The quantitative estimate of drug-likeness (QED) is 0.547. The first-order valence-electron chi connectivity index (χ1n) is 7.84. The number of rotatable bonds is 6. The molecule has 6 nitrogen and oxygen atoms in total. The van der Waals surface area contributed by atoms with Gasteiger partial charge in [0.2, 0.25) is 5.91 Å². The zero-order valence-electron chi connectivity index (χ0n) is 13.8. The summed E-state index contributed by atoms with van der Waals surface area (Å²) in [6.07, 6.45) is 1.32. The second-order valence-corrected chi connectivity index (χ2v) is 8.16. The number of halogens is 1. The minimum atomic E-state index is -1.03. The van der Waals surface area contributed by atoms with Crippen LogP contribution in [-0.2, 0) is 9.59 Å². The highest BCUT2D eigenvalue weighted by Crippen LogP contribution is 2.32. The molecular weight excluding hydrogens is 406 g/mol. The molecule has 1 atom stereocenters. The van der Waals surface area contributed by atoms with Crippen LogP contribution in [-0.4, -0.2) is 33.6 Å². The Balaban J connectivity index is 1.59. The Labute approximate surface area is 169 Å². The number of carbonyl (C=O) groups is 2. The maximum Gasteiger partial charge on any atom is 0.305 e. The molecule has 1 aliphatic rings. The zero-order valence-corrected chi connectivity index (χ0v) is 16.2. The molecule has 1 aliphatic heterocycles. The van der Waals surface area contributed by atoms with Gasteiger partial charge in [-0.05, 0) is 29.8 Å². The number of hydrogen-bond donors (Lipinski definition) is 2. The van der Waals surface area contributed by atoms with Crippen LogP contribution in [0.2, 0.25) is 5.02 Å². The molecule has 2 N–H and O–H groups in total. The van der Waals surface area contributed by atoms with E-state index in [1.807, 2.05) is 48.5 Å². The van der Waals surface area contributed by atoms with Crippen LogP contribution in [0.5, 0.6) is 0 Å². The lowest BCUT2D eigenvalue weighted by molar-refractivity contribution is -0.138. The fourth-order valence-electron chi connectivity index (χ4n) is 2.17. The number of aliphatic carboxylic acids is 1. The van der Waals surface area contributed by atoms with Gasteiger partial charge in [-0.15, -0.1) is 5.10 Å². The highest BCUT2D eigenvalue weighted by Gasteiger charge is 2.32. The highest BCUT2D eigenvalue weighted by atomic mass is 35.5. The molecule has 0 bridgehead atoms. The Hall–Kier alpha value is -2.29. The van der Waals surface area contributed by atoms with Crippen molar-refractivity contribution in [1.29, 1.82) is 0 Å². The van der Waals surface area contributed by atoms with Gasteiger partial charge in [-0.25, -0.2) is 0 Å². The molecule has 2 aromatic rings. The zero-order chi connectivity index (χ0) is 19.2. The molecule has 3 rings (SSSR count). The largest absolute Gasteiger partial charge is 0.481 e. The van der Waals surface area contributed by atoms with Crippen molar-refractivity contribution in [2.45, 2.75) is 21.5 Å². The minimum absolute atomic E-state index is 0.246. The number of carboxylic acid groups (broad SMARTS) is 1. The molecular formula is C18H14ClN3O3S2. The van der Waals surface area contributed by atoms with Crippen LogP contribution in [0.25, 0.3) is 0 Å². The van der Waals surface area contributed by atoms with Crippen LogP contribution in [0, 0.1) is 0 Å². The molecule has 1 saturated heterocycles. The molecule has 2 aromatic carbocycles. The number of carbonyl (C=O) groups excluding carboxylic acids is 1. The molecule has 0 aliphatic carbocycles. The van der Waals surface area contributed by atoms with Crippen LogP contribution < -0.4 is 5.32 Å². The van der Waals surface area contributed by atoms with Gasteiger partial charge in [0.05, 0.1) is 17.7 Å². The number of carboxylic acids is 1. The van der Waals surface area contributed by atoms with Gasteiger partial charge < -0.3 is 10.4 Å². The first-order chi connectivity index (χ1) is 13.0. The molecule has 0 aromatic heterocycles. The smallest absolute Gasteiger partial charge is 0.305 e. The number of nitrogens with one attached hydrogen (secondary N) is 1. The Morgan fingerprint density at radius 1 is 1.26 bits per heavy atom. The van der Waals surface area contributed by atoms with Crippen molar-refractivity contribution < 1.29 is 14.7 Å². The first-order valence-corrected chi connectivity index (χ1v) is 9.91. The summed E-state index contributed by atoms with van der Waals surface area (Å²) in [4.78, 5) is 24.3. The van der Waals surface area contributed by atoms with E-state index in [0.29, 0.717) is 10.2 Å². The van der Waals surface area contributed by atoms with Crippen molar-refractivity contribution in [2.75, 3.05) is 0 Å². The SMILES string of the molecule is O=C(O)CC1SC(=NN=Cc2ccc(Sc3ccccc3Cl)cc2)NC1=O. The number of benzene rings is 2. The molecule has 0 radical (unpaired) electrons. The summed E-state index contributed by atoms with van der Waals surface area (Å²) in [6.45, 7) is 0. The molecule has 9 heteroatoms. The van der Waals surface area contributed by atoms with Gasteiger partial charge >= 0.3 is 5.97 Å². The summed E-state index contributed by atoms with van der Waals surface area (Å²) in [6, 6.07) is 15.4. The van der Waals surface area contributed by atoms with Crippen molar-refractivity contribution in [3.8, 4) is 0 Å².